The van der Waals surface area contributed by atoms with Gasteiger partial charge in [0.25, 0.3) is 0 Å². The van der Waals surface area contributed by atoms with Gasteiger partial charge in [0, 0.05) is 12.6 Å². The molecule has 5 heteroatoms. The van der Waals surface area contributed by atoms with E-state index < -0.39 is 6.23 Å². The highest BCUT2D eigenvalue weighted by molar-refractivity contribution is 5.49. The zero-order valence-electron chi connectivity index (χ0n) is 8.74. The molecule has 5 nitrogen and oxygen atoms in total. The molecule has 1 unspecified atom stereocenters. The lowest BCUT2D eigenvalue weighted by molar-refractivity contribution is 0.0795. The van der Waals surface area contributed by atoms with E-state index in [-0.39, 0.29) is 0 Å². The summed E-state index contributed by atoms with van der Waals surface area (Å²) in [6.45, 7) is 0. The van der Waals surface area contributed by atoms with E-state index in [2.05, 4.69) is 15.2 Å². The molecule has 0 saturated heterocycles. The summed E-state index contributed by atoms with van der Waals surface area (Å²) in [5.74, 6) is 1.50. The predicted molar refractivity (Wildman–Crippen MR) is 57.4 cm³/mol. The van der Waals surface area contributed by atoms with Gasteiger partial charge >= 0.3 is 0 Å². The zero-order valence-corrected chi connectivity index (χ0v) is 8.74. The van der Waals surface area contributed by atoms with Crippen LogP contribution < -0.4 is 0 Å². The van der Waals surface area contributed by atoms with Crippen molar-refractivity contribution in [3.8, 4) is 11.5 Å². The standard InChI is InChI=1S/C11H12N4O/c16-10-6-3-5-9-13-14-11(15(9)10)8-4-1-2-7-12-8/h1-2,4,7,10,16H,3,5-6H2. The second-order valence-electron chi connectivity index (χ2n) is 3.90. The van der Waals surface area contributed by atoms with E-state index in [1.54, 1.807) is 10.8 Å². The second-order valence-corrected chi connectivity index (χ2v) is 3.90. The number of rotatable bonds is 1. The van der Waals surface area contributed by atoms with Gasteiger partial charge in [-0.05, 0) is 25.0 Å². The van der Waals surface area contributed by atoms with Gasteiger partial charge in [-0.25, -0.2) is 0 Å². The molecular formula is C11H12N4O. The van der Waals surface area contributed by atoms with Gasteiger partial charge in [0.05, 0.1) is 0 Å². The molecule has 0 bridgehead atoms. The zero-order chi connectivity index (χ0) is 11.0. The van der Waals surface area contributed by atoms with Crippen molar-refractivity contribution >= 4 is 0 Å². The molecule has 0 spiro atoms. The largest absolute Gasteiger partial charge is 0.373 e. The number of aliphatic hydroxyl groups excluding tert-OH is 1. The van der Waals surface area contributed by atoms with Crippen molar-refractivity contribution in [2.45, 2.75) is 25.5 Å². The van der Waals surface area contributed by atoms with Crippen LogP contribution in [0, 0.1) is 0 Å². The molecule has 1 aliphatic heterocycles. The number of nitrogens with zero attached hydrogens (tertiary/aromatic N) is 4. The molecule has 0 aliphatic carbocycles. The van der Waals surface area contributed by atoms with E-state index in [1.807, 2.05) is 18.2 Å². The first-order chi connectivity index (χ1) is 7.86. The summed E-state index contributed by atoms with van der Waals surface area (Å²) in [5.41, 5.74) is 0.752. The third-order valence-corrected chi connectivity index (χ3v) is 2.82. The Hall–Kier alpha value is -1.75. The van der Waals surface area contributed by atoms with Crippen LogP contribution in [0.25, 0.3) is 11.5 Å². The highest BCUT2D eigenvalue weighted by atomic mass is 16.3. The highest BCUT2D eigenvalue weighted by Gasteiger charge is 2.23. The lowest BCUT2D eigenvalue weighted by atomic mass is 10.1. The summed E-state index contributed by atoms with van der Waals surface area (Å²) in [5, 5.41) is 18.2. The van der Waals surface area contributed by atoms with E-state index in [9.17, 15) is 5.11 Å². The monoisotopic (exact) mass is 216 g/mol. The minimum Gasteiger partial charge on any atom is -0.373 e. The molecule has 1 N–H and O–H groups in total. The highest BCUT2D eigenvalue weighted by Crippen LogP contribution is 2.27. The van der Waals surface area contributed by atoms with Crippen LogP contribution in [0.3, 0.4) is 0 Å². The number of fused-ring (bicyclic) bond motifs is 1. The molecule has 2 aromatic heterocycles. The average Bonchev–Trinajstić information content (AvgIpc) is 2.75. The molecule has 3 rings (SSSR count). The molecule has 0 amide bonds. The second kappa shape index (κ2) is 3.68. The Balaban J connectivity index is 2.13. The summed E-state index contributed by atoms with van der Waals surface area (Å²) in [4.78, 5) is 4.23. The van der Waals surface area contributed by atoms with Gasteiger partial charge < -0.3 is 5.11 Å². The van der Waals surface area contributed by atoms with Crippen LogP contribution in [0.2, 0.25) is 0 Å². The summed E-state index contributed by atoms with van der Waals surface area (Å²) in [7, 11) is 0. The minimum absolute atomic E-state index is 0.518. The van der Waals surface area contributed by atoms with Crippen molar-refractivity contribution in [2.24, 2.45) is 0 Å². The lowest BCUT2D eigenvalue weighted by Gasteiger charge is -2.20. The van der Waals surface area contributed by atoms with E-state index in [4.69, 9.17) is 0 Å². The van der Waals surface area contributed by atoms with Gasteiger partial charge in [-0.2, -0.15) is 0 Å². The molecule has 1 atom stereocenters. The van der Waals surface area contributed by atoms with Crippen LogP contribution in [0.1, 0.15) is 24.9 Å². The molecule has 82 valence electrons. The topological polar surface area (TPSA) is 63.8 Å². The molecule has 0 fully saturated rings. The smallest absolute Gasteiger partial charge is 0.184 e. The van der Waals surface area contributed by atoms with Gasteiger partial charge in [0.2, 0.25) is 0 Å². The van der Waals surface area contributed by atoms with Crippen LogP contribution >= 0.6 is 0 Å². The fourth-order valence-corrected chi connectivity index (χ4v) is 2.05. The van der Waals surface area contributed by atoms with Crippen molar-refractivity contribution in [1.29, 1.82) is 0 Å². The Labute approximate surface area is 92.8 Å². The van der Waals surface area contributed by atoms with Gasteiger partial charge in [0.1, 0.15) is 17.7 Å². The van der Waals surface area contributed by atoms with Crippen molar-refractivity contribution in [3.05, 3.63) is 30.2 Å². The molecule has 0 radical (unpaired) electrons. The Bertz CT molecular complexity index is 494. The van der Waals surface area contributed by atoms with E-state index >= 15 is 0 Å². The molecule has 16 heavy (non-hydrogen) atoms. The number of pyridine rings is 1. The van der Waals surface area contributed by atoms with Gasteiger partial charge in [-0.15, -0.1) is 10.2 Å². The molecule has 1 aliphatic rings. The van der Waals surface area contributed by atoms with Crippen LogP contribution in [-0.4, -0.2) is 24.9 Å². The Morgan fingerprint density at radius 1 is 1.31 bits per heavy atom. The summed E-state index contributed by atoms with van der Waals surface area (Å²) in [6, 6.07) is 5.63. The fraction of sp³-hybridized carbons (Fsp3) is 0.364. The molecule has 3 heterocycles. The molecule has 2 aromatic rings. The Morgan fingerprint density at radius 2 is 2.25 bits per heavy atom. The third kappa shape index (κ3) is 1.40. The molecular weight excluding hydrogens is 204 g/mol. The van der Waals surface area contributed by atoms with Crippen LogP contribution in [0.5, 0.6) is 0 Å². The lowest BCUT2D eigenvalue weighted by Crippen LogP contribution is -2.18. The average molecular weight is 216 g/mol. The predicted octanol–water partition coefficient (Wildman–Crippen LogP) is 1.17. The maximum Gasteiger partial charge on any atom is 0.184 e. The minimum atomic E-state index is -0.518. The normalized spacial score (nSPS) is 19.4. The number of aromatic nitrogens is 4. The van der Waals surface area contributed by atoms with Gasteiger partial charge in [-0.1, -0.05) is 6.07 Å². The van der Waals surface area contributed by atoms with E-state index in [1.165, 1.54) is 0 Å². The fourth-order valence-electron chi connectivity index (χ4n) is 2.05. The van der Waals surface area contributed by atoms with Crippen molar-refractivity contribution < 1.29 is 5.11 Å². The van der Waals surface area contributed by atoms with E-state index in [0.717, 1.165) is 30.8 Å². The van der Waals surface area contributed by atoms with Gasteiger partial charge in [0.15, 0.2) is 5.82 Å². The maximum atomic E-state index is 9.95. The Morgan fingerprint density at radius 3 is 3.06 bits per heavy atom. The summed E-state index contributed by atoms with van der Waals surface area (Å²) >= 11 is 0. The van der Waals surface area contributed by atoms with Crippen molar-refractivity contribution in [3.63, 3.8) is 0 Å². The van der Waals surface area contributed by atoms with Crippen molar-refractivity contribution in [2.75, 3.05) is 0 Å². The SMILES string of the molecule is OC1CCCc2nnc(-c3ccccn3)n21. The summed E-state index contributed by atoms with van der Waals surface area (Å²) in [6.07, 6.45) is 3.78. The number of aliphatic hydroxyl groups is 1. The maximum absolute atomic E-state index is 9.95. The summed E-state index contributed by atoms with van der Waals surface area (Å²) < 4.78 is 1.78. The van der Waals surface area contributed by atoms with Crippen LogP contribution in [0.4, 0.5) is 0 Å². The van der Waals surface area contributed by atoms with Crippen LogP contribution in [-0.2, 0) is 6.42 Å². The first-order valence-corrected chi connectivity index (χ1v) is 5.39. The molecule has 0 aromatic carbocycles. The number of hydrogen-bond acceptors (Lipinski definition) is 4. The number of hydrogen-bond donors (Lipinski definition) is 1. The number of aryl methyl sites for hydroxylation is 1. The third-order valence-electron chi connectivity index (χ3n) is 2.82. The quantitative estimate of drug-likeness (QED) is 0.777. The van der Waals surface area contributed by atoms with Crippen molar-refractivity contribution in [1.82, 2.24) is 19.7 Å². The Kier molecular flexibility index (Phi) is 2.18. The first kappa shape index (κ1) is 9.47. The van der Waals surface area contributed by atoms with Gasteiger partial charge in [-0.3, -0.25) is 9.55 Å². The van der Waals surface area contributed by atoms with Crippen LogP contribution in [0.15, 0.2) is 24.4 Å². The van der Waals surface area contributed by atoms with E-state index in [0.29, 0.717) is 5.82 Å². The molecule has 0 saturated carbocycles. The first-order valence-electron chi connectivity index (χ1n) is 5.39.